The molecule has 3 aromatic carbocycles. The minimum Gasteiger partial charge on any atom is -0.149 e. The van der Waals surface area contributed by atoms with Gasteiger partial charge in [0.2, 0.25) is 7.38 Å². The molecule has 2 heteroatoms. The van der Waals surface area contributed by atoms with Gasteiger partial charge in [0.15, 0.2) is 0 Å². The molecule has 0 aliphatic carbocycles. The molecule has 0 atom stereocenters. The molecule has 0 radical (unpaired) electrons. The van der Waals surface area contributed by atoms with Gasteiger partial charge in [-0.05, 0) is 50.0 Å². The Balaban J connectivity index is 2.14. The maximum Gasteiger partial charge on any atom is 0.247 e. The highest BCUT2D eigenvalue weighted by molar-refractivity contribution is 7.40. The van der Waals surface area contributed by atoms with Crippen molar-refractivity contribution >= 4 is 34.0 Å². The second-order valence-electron chi connectivity index (χ2n) is 8.99. The summed E-state index contributed by atoms with van der Waals surface area (Å²) in [6, 6.07) is 27.0. The molecule has 0 N–H and O–H groups in total. The first-order chi connectivity index (χ1) is 13.7. The van der Waals surface area contributed by atoms with Crippen molar-refractivity contribution in [3.05, 3.63) is 89.5 Å². The van der Waals surface area contributed by atoms with E-state index in [4.69, 9.17) is 11.1 Å². The van der Waals surface area contributed by atoms with Crippen molar-refractivity contribution in [2.75, 3.05) is 0 Å². The molecular formula is C27H33ClSi. The Morgan fingerprint density at radius 2 is 0.655 bits per heavy atom. The quantitative estimate of drug-likeness (QED) is 0.250. The number of benzene rings is 3. The van der Waals surface area contributed by atoms with Gasteiger partial charge in [0.1, 0.15) is 0 Å². The molecular weight excluding hydrogens is 388 g/mol. The zero-order valence-electron chi connectivity index (χ0n) is 18.5. The van der Waals surface area contributed by atoms with E-state index >= 15 is 0 Å². The molecule has 152 valence electrons. The highest BCUT2D eigenvalue weighted by Crippen LogP contribution is 2.20. The first-order valence-corrected chi connectivity index (χ1v) is 13.7. The predicted octanol–water partition coefficient (Wildman–Crippen LogP) is 6.26. The molecule has 0 unspecified atom stereocenters. The van der Waals surface area contributed by atoms with Crippen LogP contribution in [0.5, 0.6) is 0 Å². The van der Waals surface area contributed by atoms with Crippen LogP contribution < -0.4 is 15.6 Å². The Kier molecular flexibility index (Phi) is 6.71. The van der Waals surface area contributed by atoms with Gasteiger partial charge in [0.05, 0.1) is 0 Å². The van der Waals surface area contributed by atoms with E-state index in [0.717, 1.165) is 0 Å². The molecule has 0 saturated carbocycles. The van der Waals surface area contributed by atoms with Gasteiger partial charge in [0, 0.05) is 0 Å². The average Bonchev–Trinajstić information content (AvgIpc) is 2.73. The molecule has 0 aromatic heterocycles. The van der Waals surface area contributed by atoms with Crippen LogP contribution in [0.4, 0.5) is 0 Å². The summed E-state index contributed by atoms with van der Waals surface area (Å²) < 4.78 is 0. The summed E-state index contributed by atoms with van der Waals surface area (Å²) in [6.07, 6.45) is 0. The lowest BCUT2D eigenvalue weighted by Crippen LogP contribution is -2.62. The van der Waals surface area contributed by atoms with E-state index in [1.807, 2.05) is 0 Å². The average molecular weight is 421 g/mol. The lowest BCUT2D eigenvalue weighted by Gasteiger charge is -2.27. The van der Waals surface area contributed by atoms with E-state index in [0.29, 0.717) is 17.8 Å². The molecule has 0 saturated heterocycles. The van der Waals surface area contributed by atoms with Crippen LogP contribution in [0.1, 0.15) is 76.0 Å². The predicted molar refractivity (Wildman–Crippen MR) is 132 cm³/mol. The maximum absolute atomic E-state index is 7.65. The molecule has 0 heterocycles. The normalized spacial score (nSPS) is 12.2. The third-order valence-corrected chi connectivity index (χ3v) is 11.3. The minimum atomic E-state index is -2.58. The van der Waals surface area contributed by atoms with Gasteiger partial charge < -0.3 is 0 Å². The van der Waals surface area contributed by atoms with Gasteiger partial charge in [-0.2, -0.15) is 0 Å². The van der Waals surface area contributed by atoms with Crippen molar-refractivity contribution in [1.29, 1.82) is 0 Å². The smallest absolute Gasteiger partial charge is 0.149 e. The number of hydrogen-bond acceptors (Lipinski definition) is 0. The first kappa shape index (κ1) is 21.9. The molecule has 3 aromatic rings. The summed E-state index contributed by atoms with van der Waals surface area (Å²) >= 11 is 7.65. The minimum absolute atomic E-state index is 0.520. The van der Waals surface area contributed by atoms with Crippen LogP contribution in [0.25, 0.3) is 0 Å². The highest BCUT2D eigenvalue weighted by atomic mass is 35.6. The Labute approximate surface area is 182 Å². The van der Waals surface area contributed by atoms with Crippen molar-refractivity contribution in [2.45, 2.75) is 59.3 Å². The van der Waals surface area contributed by atoms with Crippen molar-refractivity contribution in [3.63, 3.8) is 0 Å². The molecule has 29 heavy (non-hydrogen) atoms. The number of halogens is 1. The second kappa shape index (κ2) is 8.89. The van der Waals surface area contributed by atoms with Gasteiger partial charge in [0.25, 0.3) is 0 Å². The first-order valence-electron chi connectivity index (χ1n) is 10.7. The molecule has 0 amide bonds. The van der Waals surface area contributed by atoms with E-state index in [-0.39, 0.29) is 0 Å². The molecule has 0 nitrogen and oxygen atoms in total. The van der Waals surface area contributed by atoms with Gasteiger partial charge in [-0.1, -0.05) is 114 Å². The Morgan fingerprint density at radius 3 is 0.828 bits per heavy atom. The fraction of sp³-hybridized carbons (Fsp3) is 0.333. The zero-order chi connectivity index (χ0) is 21.2. The summed E-state index contributed by atoms with van der Waals surface area (Å²) in [4.78, 5) is 0. The summed E-state index contributed by atoms with van der Waals surface area (Å²) in [5.74, 6) is 1.56. The molecule has 0 aliphatic heterocycles. The third-order valence-electron chi connectivity index (χ3n) is 5.93. The summed E-state index contributed by atoms with van der Waals surface area (Å²) in [5, 5.41) is 3.74. The fourth-order valence-corrected chi connectivity index (χ4v) is 7.80. The molecule has 3 rings (SSSR count). The molecule has 0 fully saturated rings. The van der Waals surface area contributed by atoms with E-state index in [1.54, 1.807) is 0 Å². The lowest BCUT2D eigenvalue weighted by atomic mass is 10.0. The fourth-order valence-electron chi connectivity index (χ4n) is 3.79. The largest absolute Gasteiger partial charge is 0.247 e. The van der Waals surface area contributed by atoms with E-state index in [9.17, 15) is 0 Å². The van der Waals surface area contributed by atoms with Crippen molar-refractivity contribution in [3.8, 4) is 0 Å². The Bertz CT molecular complexity index is 795. The maximum atomic E-state index is 7.65. The summed E-state index contributed by atoms with van der Waals surface area (Å²) in [7, 11) is -2.58. The van der Waals surface area contributed by atoms with Gasteiger partial charge in [-0.3, -0.25) is 0 Å². The second-order valence-corrected chi connectivity index (χ2v) is 13.7. The SMILES string of the molecule is CC(C)c1ccc([Si](Cl)(c2ccc(C(C)C)cc2)c2ccc(C(C)C)cc2)cc1. The number of rotatable bonds is 6. The Morgan fingerprint density at radius 1 is 0.448 bits per heavy atom. The highest BCUT2D eigenvalue weighted by Gasteiger charge is 2.38. The van der Waals surface area contributed by atoms with Crippen molar-refractivity contribution < 1.29 is 0 Å². The summed E-state index contributed by atoms with van der Waals surface area (Å²) in [5.41, 5.74) is 4.06. The van der Waals surface area contributed by atoms with Crippen LogP contribution in [-0.4, -0.2) is 7.38 Å². The van der Waals surface area contributed by atoms with Gasteiger partial charge in [-0.25, -0.2) is 0 Å². The van der Waals surface area contributed by atoms with Gasteiger partial charge in [-0.15, -0.1) is 11.1 Å². The molecule has 0 bridgehead atoms. The standard InChI is InChI=1S/C27H33ClSi/c1-19(2)22-7-13-25(14-8-22)29(28,26-15-9-23(10-16-26)20(3)4)27-17-11-24(12-18-27)21(5)6/h7-21H,1-6H3. The number of hydrogen-bond donors (Lipinski definition) is 0. The van der Waals surface area contributed by atoms with E-state index in [2.05, 4.69) is 114 Å². The van der Waals surface area contributed by atoms with Crippen LogP contribution in [0.15, 0.2) is 72.8 Å². The monoisotopic (exact) mass is 420 g/mol. The van der Waals surface area contributed by atoms with E-state index < -0.39 is 7.38 Å². The van der Waals surface area contributed by atoms with Crippen LogP contribution in [0.2, 0.25) is 0 Å². The topological polar surface area (TPSA) is 0 Å². The molecule has 0 spiro atoms. The van der Waals surface area contributed by atoms with E-state index in [1.165, 1.54) is 32.3 Å². The van der Waals surface area contributed by atoms with Crippen molar-refractivity contribution in [1.82, 2.24) is 0 Å². The molecule has 0 aliphatic rings. The van der Waals surface area contributed by atoms with Crippen LogP contribution >= 0.6 is 11.1 Å². The van der Waals surface area contributed by atoms with Crippen molar-refractivity contribution in [2.24, 2.45) is 0 Å². The zero-order valence-corrected chi connectivity index (χ0v) is 20.3. The summed E-state index contributed by atoms with van der Waals surface area (Å²) in [6.45, 7) is 13.4. The van der Waals surface area contributed by atoms with Crippen LogP contribution in [0.3, 0.4) is 0 Å². The van der Waals surface area contributed by atoms with Gasteiger partial charge >= 0.3 is 0 Å². The Hall–Kier alpha value is -1.83. The van der Waals surface area contributed by atoms with Crippen LogP contribution in [0, 0.1) is 0 Å². The third kappa shape index (κ3) is 4.52. The lowest BCUT2D eigenvalue weighted by molar-refractivity contribution is 0.867. The van der Waals surface area contributed by atoms with Crippen LogP contribution in [-0.2, 0) is 0 Å².